The van der Waals surface area contributed by atoms with Crippen molar-refractivity contribution >= 4 is 0 Å². The van der Waals surface area contributed by atoms with Crippen LogP contribution in [0.5, 0.6) is 0 Å². The average Bonchev–Trinajstić information content (AvgIpc) is 2.33. The van der Waals surface area contributed by atoms with Gasteiger partial charge in [-0.3, -0.25) is 0 Å². The molecular weight excluding hydrogens is 212 g/mol. The minimum atomic E-state index is -0.0460. The number of likely N-dealkylation sites (N-methyl/N-ethyl adjacent to an activating group) is 1. The van der Waals surface area contributed by atoms with Crippen molar-refractivity contribution in [1.82, 2.24) is 4.90 Å². The maximum Gasteiger partial charge on any atom is 0.0857 e. The third-order valence-corrected chi connectivity index (χ3v) is 4.06. The predicted octanol–water partition coefficient (Wildman–Crippen LogP) is 2.39. The number of hydrogen-bond acceptors (Lipinski definition) is 3. The van der Waals surface area contributed by atoms with Crippen molar-refractivity contribution < 1.29 is 4.74 Å². The van der Waals surface area contributed by atoms with Crippen LogP contribution in [0, 0.1) is 0 Å². The van der Waals surface area contributed by atoms with Crippen molar-refractivity contribution in [3.8, 4) is 0 Å². The lowest BCUT2D eigenvalue weighted by atomic mass is 9.82. The van der Waals surface area contributed by atoms with Gasteiger partial charge in [0.25, 0.3) is 0 Å². The second kappa shape index (κ2) is 7.34. The van der Waals surface area contributed by atoms with Crippen LogP contribution < -0.4 is 5.73 Å². The first kappa shape index (κ1) is 14.9. The van der Waals surface area contributed by atoms with E-state index in [9.17, 15) is 0 Å². The lowest BCUT2D eigenvalue weighted by Gasteiger charge is -2.46. The summed E-state index contributed by atoms with van der Waals surface area (Å²) >= 11 is 0. The molecule has 0 aromatic carbocycles. The Balaban J connectivity index is 2.57. The molecule has 0 bridgehead atoms. The Morgan fingerprint density at radius 3 is 2.59 bits per heavy atom. The summed E-state index contributed by atoms with van der Waals surface area (Å²) in [4.78, 5) is 2.43. The summed E-state index contributed by atoms with van der Waals surface area (Å²) in [7, 11) is 0. The van der Waals surface area contributed by atoms with E-state index in [4.69, 9.17) is 10.5 Å². The number of hydrogen-bond donors (Lipinski definition) is 1. The van der Waals surface area contributed by atoms with E-state index in [0.29, 0.717) is 0 Å². The van der Waals surface area contributed by atoms with Crippen LogP contribution >= 0.6 is 0 Å². The van der Waals surface area contributed by atoms with Crippen LogP contribution in [0.1, 0.15) is 52.9 Å². The minimum Gasteiger partial charge on any atom is -0.374 e. The Labute approximate surface area is 107 Å². The van der Waals surface area contributed by atoms with E-state index in [1.54, 1.807) is 0 Å². The number of piperidine rings is 1. The maximum absolute atomic E-state index is 6.38. The van der Waals surface area contributed by atoms with Gasteiger partial charge in [0.1, 0.15) is 0 Å². The van der Waals surface area contributed by atoms with Gasteiger partial charge in [-0.05, 0) is 26.3 Å². The van der Waals surface area contributed by atoms with Crippen molar-refractivity contribution in [1.29, 1.82) is 0 Å². The molecule has 17 heavy (non-hydrogen) atoms. The molecule has 2 atom stereocenters. The fourth-order valence-electron chi connectivity index (χ4n) is 2.88. The van der Waals surface area contributed by atoms with Gasteiger partial charge >= 0.3 is 0 Å². The Bertz CT molecular complexity index is 206. The lowest BCUT2D eigenvalue weighted by molar-refractivity contribution is -0.0981. The molecule has 1 aliphatic rings. The zero-order valence-corrected chi connectivity index (χ0v) is 11.9. The third kappa shape index (κ3) is 3.94. The van der Waals surface area contributed by atoms with Gasteiger partial charge in [-0.15, -0.1) is 0 Å². The summed E-state index contributed by atoms with van der Waals surface area (Å²) in [5.41, 5.74) is 6.34. The van der Waals surface area contributed by atoms with Crippen LogP contribution in [0.15, 0.2) is 0 Å². The second-order valence-electron chi connectivity index (χ2n) is 5.20. The monoisotopic (exact) mass is 242 g/mol. The number of likely N-dealkylation sites (tertiary alicyclic amines) is 1. The van der Waals surface area contributed by atoms with Crippen molar-refractivity contribution in [2.45, 2.75) is 64.5 Å². The summed E-state index contributed by atoms with van der Waals surface area (Å²) in [5, 5.41) is 0. The zero-order valence-electron chi connectivity index (χ0n) is 11.9. The van der Waals surface area contributed by atoms with Crippen LogP contribution in [0.4, 0.5) is 0 Å². The Morgan fingerprint density at radius 1 is 1.29 bits per heavy atom. The standard InChI is InChI=1S/C14H30N2O/c1-4-7-8-9-14(17-6-3)10-11-16(5-2)12-13(14)15/h13H,4-12,15H2,1-3H3. The molecule has 0 aromatic heterocycles. The molecule has 1 fully saturated rings. The minimum absolute atomic E-state index is 0.0460. The van der Waals surface area contributed by atoms with E-state index in [-0.39, 0.29) is 11.6 Å². The van der Waals surface area contributed by atoms with Crippen molar-refractivity contribution in [3.63, 3.8) is 0 Å². The van der Waals surface area contributed by atoms with Gasteiger partial charge in [0.05, 0.1) is 5.60 Å². The molecule has 102 valence electrons. The van der Waals surface area contributed by atoms with Crippen LogP contribution in [0.25, 0.3) is 0 Å². The molecule has 0 amide bonds. The molecule has 1 aliphatic heterocycles. The number of nitrogens with two attached hydrogens (primary N) is 1. The van der Waals surface area contributed by atoms with E-state index >= 15 is 0 Å². The zero-order chi connectivity index (χ0) is 12.7. The first-order valence-corrected chi connectivity index (χ1v) is 7.30. The van der Waals surface area contributed by atoms with Gasteiger partial charge in [-0.1, -0.05) is 33.1 Å². The Kier molecular flexibility index (Phi) is 6.45. The number of nitrogens with zero attached hydrogens (tertiary/aromatic N) is 1. The van der Waals surface area contributed by atoms with Crippen LogP contribution in [0.3, 0.4) is 0 Å². The first-order chi connectivity index (χ1) is 8.18. The number of rotatable bonds is 7. The molecule has 1 saturated heterocycles. The van der Waals surface area contributed by atoms with Crippen LogP contribution in [-0.4, -0.2) is 42.8 Å². The van der Waals surface area contributed by atoms with Crippen LogP contribution in [0.2, 0.25) is 0 Å². The highest BCUT2D eigenvalue weighted by Crippen LogP contribution is 2.31. The molecule has 1 heterocycles. The topological polar surface area (TPSA) is 38.5 Å². The van der Waals surface area contributed by atoms with Gasteiger partial charge in [0.15, 0.2) is 0 Å². The van der Waals surface area contributed by atoms with Gasteiger partial charge in [0, 0.05) is 25.7 Å². The molecule has 0 aliphatic carbocycles. The Hall–Kier alpha value is -0.120. The smallest absolute Gasteiger partial charge is 0.0857 e. The summed E-state index contributed by atoms with van der Waals surface area (Å²) in [6.07, 6.45) is 6.03. The quantitative estimate of drug-likeness (QED) is 0.697. The van der Waals surface area contributed by atoms with Gasteiger partial charge in [-0.25, -0.2) is 0 Å². The third-order valence-electron chi connectivity index (χ3n) is 4.06. The maximum atomic E-state index is 6.38. The average molecular weight is 242 g/mol. The largest absolute Gasteiger partial charge is 0.374 e. The molecule has 0 saturated carbocycles. The SMILES string of the molecule is CCCCCC1(OCC)CCN(CC)CC1N. The van der Waals surface area contributed by atoms with E-state index in [1.807, 2.05) is 0 Å². The molecule has 2 unspecified atom stereocenters. The number of ether oxygens (including phenoxy) is 1. The van der Waals surface area contributed by atoms with E-state index in [2.05, 4.69) is 25.7 Å². The highest BCUT2D eigenvalue weighted by Gasteiger charge is 2.40. The summed E-state index contributed by atoms with van der Waals surface area (Å²) in [6, 6.07) is 0.174. The molecular formula is C14H30N2O. The van der Waals surface area contributed by atoms with E-state index in [0.717, 1.165) is 39.1 Å². The summed E-state index contributed by atoms with van der Waals surface area (Å²) in [5.74, 6) is 0. The van der Waals surface area contributed by atoms with Crippen molar-refractivity contribution in [3.05, 3.63) is 0 Å². The highest BCUT2D eigenvalue weighted by atomic mass is 16.5. The van der Waals surface area contributed by atoms with Gasteiger partial charge in [0.2, 0.25) is 0 Å². The lowest BCUT2D eigenvalue weighted by Crippen LogP contribution is -2.60. The summed E-state index contributed by atoms with van der Waals surface area (Å²) in [6.45, 7) is 10.5. The molecule has 0 radical (unpaired) electrons. The number of unbranched alkanes of at least 4 members (excludes halogenated alkanes) is 2. The normalized spacial score (nSPS) is 30.7. The molecule has 3 nitrogen and oxygen atoms in total. The van der Waals surface area contributed by atoms with Gasteiger partial charge in [-0.2, -0.15) is 0 Å². The van der Waals surface area contributed by atoms with Crippen LogP contribution in [-0.2, 0) is 4.74 Å². The summed E-state index contributed by atoms with van der Waals surface area (Å²) < 4.78 is 6.07. The molecule has 1 rings (SSSR count). The molecule has 2 N–H and O–H groups in total. The predicted molar refractivity (Wildman–Crippen MR) is 73.2 cm³/mol. The first-order valence-electron chi connectivity index (χ1n) is 7.30. The second-order valence-corrected chi connectivity index (χ2v) is 5.20. The molecule has 0 aromatic rings. The highest BCUT2D eigenvalue weighted by molar-refractivity contribution is 4.97. The fraction of sp³-hybridized carbons (Fsp3) is 1.00. The van der Waals surface area contributed by atoms with Crippen molar-refractivity contribution in [2.75, 3.05) is 26.2 Å². The van der Waals surface area contributed by atoms with E-state index in [1.165, 1.54) is 19.3 Å². The van der Waals surface area contributed by atoms with E-state index < -0.39 is 0 Å². The molecule has 0 spiro atoms. The molecule has 3 heteroatoms. The fourth-order valence-corrected chi connectivity index (χ4v) is 2.88. The van der Waals surface area contributed by atoms with Gasteiger partial charge < -0.3 is 15.4 Å². The van der Waals surface area contributed by atoms with Crippen molar-refractivity contribution in [2.24, 2.45) is 5.73 Å². The Morgan fingerprint density at radius 2 is 2.06 bits per heavy atom.